The van der Waals surface area contributed by atoms with Crippen LogP contribution in [0.5, 0.6) is 11.5 Å². The molecule has 1 N–H and O–H groups in total. The molecule has 0 unspecified atom stereocenters. The van der Waals surface area contributed by atoms with E-state index in [2.05, 4.69) is 5.32 Å². The molecule has 0 spiro atoms. The Morgan fingerprint density at radius 1 is 0.976 bits per heavy atom. The van der Waals surface area contributed by atoms with Gasteiger partial charge in [-0.15, -0.1) is 0 Å². The summed E-state index contributed by atoms with van der Waals surface area (Å²) in [6.45, 7) is 6.64. The summed E-state index contributed by atoms with van der Waals surface area (Å²) in [5, 5.41) is 3.33. The first-order valence-corrected chi connectivity index (χ1v) is 15.4. The minimum atomic E-state index is -4.28. The van der Waals surface area contributed by atoms with E-state index in [9.17, 15) is 18.0 Å². The highest BCUT2D eigenvalue weighted by molar-refractivity contribution is 7.92. The smallest absolute Gasteiger partial charge is 0.264 e. The van der Waals surface area contributed by atoms with Crippen LogP contribution in [0.3, 0.4) is 0 Å². The Balaban J connectivity index is 2.13. The van der Waals surface area contributed by atoms with E-state index in [0.29, 0.717) is 22.8 Å². The van der Waals surface area contributed by atoms with E-state index in [0.717, 1.165) is 9.87 Å². The van der Waals surface area contributed by atoms with Crippen molar-refractivity contribution in [3.63, 3.8) is 0 Å². The molecule has 0 fully saturated rings. The molecule has 0 bridgehead atoms. The first kappa shape index (κ1) is 32.8. The first-order chi connectivity index (χ1) is 19.9. The normalized spacial score (nSPS) is 12.6. The lowest BCUT2D eigenvalue weighted by Gasteiger charge is -2.33. The summed E-state index contributed by atoms with van der Waals surface area (Å²) in [5.41, 5.74) is 1.60. The molecule has 0 aliphatic rings. The molecule has 2 atom stereocenters. The van der Waals surface area contributed by atoms with Gasteiger partial charge in [-0.1, -0.05) is 54.4 Å². The molecule has 3 aromatic carbocycles. The lowest BCUT2D eigenvalue weighted by molar-refractivity contribution is -0.139. The van der Waals surface area contributed by atoms with Crippen LogP contribution in [-0.4, -0.2) is 58.0 Å². The van der Waals surface area contributed by atoms with Gasteiger partial charge in [0.2, 0.25) is 11.8 Å². The fraction of sp³-hybridized carbons (Fsp3) is 0.355. The molecular formula is C31H38ClN3O6S. The number of hydrogen-bond donors (Lipinski definition) is 1. The van der Waals surface area contributed by atoms with E-state index in [4.69, 9.17) is 21.1 Å². The number of carbonyl (C=O) groups excluding carboxylic acids is 2. The number of aryl methyl sites for hydroxylation is 1. The highest BCUT2D eigenvalue weighted by Gasteiger charge is 2.34. The zero-order valence-electron chi connectivity index (χ0n) is 24.8. The van der Waals surface area contributed by atoms with E-state index < -0.39 is 28.5 Å². The number of ether oxygens (including phenoxy) is 2. The highest BCUT2D eigenvalue weighted by atomic mass is 35.5. The Morgan fingerprint density at radius 2 is 1.64 bits per heavy atom. The molecule has 3 aromatic rings. The summed E-state index contributed by atoms with van der Waals surface area (Å²) >= 11 is 6.43. The van der Waals surface area contributed by atoms with Gasteiger partial charge < -0.3 is 19.7 Å². The van der Waals surface area contributed by atoms with Crippen LogP contribution in [0, 0.1) is 6.92 Å². The topological polar surface area (TPSA) is 105 Å². The van der Waals surface area contributed by atoms with Crippen LogP contribution in [0.25, 0.3) is 0 Å². The van der Waals surface area contributed by atoms with E-state index in [1.54, 1.807) is 55.5 Å². The van der Waals surface area contributed by atoms with Gasteiger partial charge in [-0.05, 0) is 63.1 Å². The molecule has 0 saturated carbocycles. The summed E-state index contributed by atoms with van der Waals surface area (Å²) in [4.78, 5) is 28.7. The fourth-order valence-electron chi connectivity index (χ4n) is 4.20. The molecule has 0 saturated heterocycles. The minimum Gasteiger partial charge on any atom is -0.497 e. The number of carbonyl (C=O) groups is 2. The van der Waals surface area contributed by atoms with Crippen LogP contribution in [0.1, 0.15) is 38.3 Å². The van der Waals surface area contributed by atoms with Gasteiger partial charge in [0.1, 0.15) is 24.1 Å². The third-order valence-electron chi connectivity index (χ3n) is 7.01. The maximum absolute atomic E-state index is 14.2. The van der Waals surface area contributed by atoms with E-state index >= 15 is 0 Å². The van der Waals surface area contributed by atoms with E-state index in [-0.39, 0.29) is 34.8 Å². The third kappa shape index (κ3) is 7.74. The molecule has 11 heteroatoms. The van der Waals surface area contributed by atoms with Crippen molar-refractivity contribution in [3.8, 4) is 11.5 Å². The number of amides is 2. The van der Waals surface area contributed by atoms with Crippen LogP contribution < -0.4 is 19.1 Å². The summed E-state index contributed by atoms with van der Waals surface area (Å²) < 4.78 is 40.1. The minimum absolute atomic E-state index is 0.00834. The Bertz CT molecular complexity index is 1500. The molecule has 0 aromatic heterocycles. The highest BCUT2D eigenvalue weighted by Crippen LogP contribution is 2.36. The lowest BCUT2D eigenvalue weighted by atomic mass is 10.1. The number of halogens is 1. The van der Waals surface area contributed by atoms with Gasteiger partial charge in [0.15, 0.2) is 0 Å². The Morgan fingerprint density at radius 3 is 2.24 bits per heavy atom. The summed E-state index contributed by atoms with van der Waals surface area (Å²) in [6.07, 6.45) is 0.703. The maximum atomic E-state index is 14.2. The zero-order chi connectivity index (χ0) is 31.0. The number of methoxy groups -OCH3 is 2. The molecule has 0 radical (unpaired) electrons. The number of nitrogens with zero attached hydrogens (tertiary/aromatic N) is 2. The fourth-order valence-corrected chi connectivity index (χ4v) is 5.81. The molecule has 42 heavy (non-hydrogen) atoms. The van der Waals surface area contributed by atoms with Gasteiger partial charge in [0, 0.05) is 23.7 Å². The van der Waals surface area contributed by atoms with Crippen LogP contribution in [0.15, 0.2) is 71.6 Å². The maximum Gasteiger partial charge on any atom is 0.264 e. The summed E-state index contributed by atoms with van der Waals surface area (Å²) in [7, 11) is -1.41. The van der Waals surface area contributed by atoms with Crippen molar-refractivity contribution in [1.82, 2.24) is 10.2 Å². The lowest BCUT2D eigenvalue weighted by Crippen LogP contribution is -2.52. The van der Waals surface area contributed by atoms with E-state index in [1.165, 1.54) is 37.3 Å². The second kappa shape index (κ2) is 14.4. The predicted molar refractivity (Wildman–Crippen MR) is 165 cm³/mol. The predicted octanol–water partition coefficient (Wildman–Crippen LogP) is 5.19. The summed E-state index contributed by atoms with van der Waals surface area (Å²) in [6, 6.07) is 17.0. The van der Waals surface area contributed by atoms with Crippen LogP contribution in [-0.2, 0) is 26.2 Å². The second-order valence-electron chi connectivity index (χ2n) is 9.97. The molecule has 0 aliphatic carbocycles. The number of rotatable bonds is 13. The number of hydrogen-bond acceptors (Lipinski definition) is 6. The molecule has 0 aliphatic heterocycles. The standard InChI is InChI=1S/C31H38ClN3O6S/c1-7-22(3)33-31(37)23(4)34(19-24-10-8-9-11-27(24)32)30(36)20-35(28-18-25(40-5)14-17-29(28)41-6)42(38,39)26-15-12-21(2)13-16-26/h8-18,22-23H,7,19-20H2,1-6H3,(H,33,37)/t22-,23-/m1/s1. The van der Waals surface area contributed by atoms with Crippen molar-refractivity contribution in [3.05, 3.63) is 82.9 Å². The zero-order valence-corrected chi connectivity index (χ0v) is 26.3. The van der Waals surface area contributed by atoms with Gasteiger partial charge in [-0.25, -0.2) is 8.42 Å². The average Bonchev–Trinajstić information content (AvgIpc) is 2.98. The first-order valence-electron chi connectivity index (χ1n) is 13.6. The SMILES string of the molecule is CC[C@@H](C)NC(=O)[C@@H](C)N(Cc1ccccc1Cl)C(=O)CN(c1cc(OC)ccc1OC)S(=O)(=O)c1ccc(C)cc1. The molecule has 226 valence electrons. The Labute approximate surface area is 253 Å². The van der Waals surface area contributed by atoms with Crippen molar-refractivity contribution < 1.29 is 27.5 Å². The second-order valence-corrected chi connectivity index (χ2v) is 12.2. The number of nitrogens with one attached hydrogen (secondary N) is 1. The van der Waals surface area contributed by atoms with Crippen molar-refractivity contribution in [2.45, 2.75) is 57.6 Å². The molecule has 9 nitrogen and oxygen atoms in total. The van der Waals surface area contributed by atoms with Gasteiger partial charge in [-0.3, -0.25) is 13.9 Å². The van der Waals surface area contributed by atoms with Crippen LogP contribution >= 0.6 is 11.6 Å². The summed E-state index contributed by atoms with van der Waals surface area (Å²) in [5.74, 6) is -0.380. The van der Waals surface area contributed by atoms with Crippen molar-refractivity contribution >= 4 is 39.1 Å². The van der Waals surface area contributed by atoms with Crippen molar-refractivity contribution in [2.75, 3.05) is 25.1 Å². The molecule has 2 amide bonds. The van der Waals surface area contributed by atoms with E-state index in [1.807, 2.05) is 20.8 Å². The van der Waals surface area contributed by atoms with Crippen molar-refractivity contribution in [2.24, 2.45) is 0 Å². The van der Waals surface area contributed by atoms with Gasteiger partial charge in [0.25, 0.3) is 10.0 Å². The number of anilines is 1. The van der Waals surface area contributed by atoms with Crippen LogP contribution in [0.4, 0.5) is 5.69 Å². The third-order valence-corrected chi connectivity index (χ3v) is 9.15. The van der Waals surface area contributed by atoms with Gasteiger partial charge in [-0.2, -0.15) is 0 Å². The van der Waals surface area contributed by atoms with Crippen LogP contribution in [0.2, 0.25) is 5.02 Å². The Hall–Kier alpha value is -3.76. The van der Waals surface area contributed by atoms with Gasteiger partial charge in [0.05, 0.1) is 24.8 Å². The largest absolute Gasteiger partial charge is 0.497 e. The van der Waals surface area contributed by atoms with Gasteiger partial charge >= 0.3 is 0 Å². The molecule has 3 rings (SSSR count). The van der Waals surface area contributed by atoms with Crippen molar-refractivity contribution in [1.29, 1.82) is 0 Å². The quantitative estimate of drug-likeness (QED) is 0.284. The molecule has 0 heterocycles. The average molecular weight is 616 g/mol. The number of sulfonamides is 1. The molecular weight excluding hydrogens is 578 g/mol. The monoisotopic (exact) mass is 615 g/mol. The number of benzene rings is 3. The Kier molecular flexibility index (Phi) is 11.2.